The SMILES string of the molecule is CC(NCc1sccc1Br)c1ccc(O)cc1F. The first kappa shape index (κ1) is 13.5. The predicted octanol–water partition coefficient (Wildman–Crippen LogP) is 4.21. The van der Waals surface area contributed by atoms with Crippen molar-refractivity contribution in [3.8, 4) is 5.75 Å². The molecular formula is C13H13BrFNOS. The first-order chi connectivity index (χ1) is 8.58. The van der Waals surface area contributed by atoms with Crippen molar-refractivity contribution in [1.82, 2.24) is 5.32 Å². The molecule has 0 radical (unpaired) electrons. The van der Waals surface area contributed by atoms with Gasteiger partial charge in [-0.05, 0) is 40.4 Å². The second-order valence-corrected chi connectivity index (χ2v) is 5.86. The van der Waals surface area contributed by atoms with Crippen molar-refractivity contribution < 1.29 is 9.50 Å². The number of hydrogen-bond acceptors (Lipinski definition) is 3. The van der Waals surface area contributed by atoms with E-state index in [4.69, 9.17) is 0 Å². The number of aromatic hydroxyl groups is 1. The molecule has 0 amide bonds. The number of nitrogens with one attached hydrogen (secondary N) is 1. The summed E-state index contributed by atoms with van der Waals surface area (Å²) in [4.78, 5) is 1.18. The van der Waals surface area contributed by atoms with Crippen LogP contribution in [0.1, 0.15) is 23.4 Å². The van der Waals surface area contributed by atoms with Crippen LogP contribution in [-0.4, -0.2) is 5.11 Å². The van der Waals surface area contributed by atoms with E-state index in [2.05, 4.69) is 21.2 Å². The average molecular weight is 330 g/mol. The first-order valence-electron chi connectivity index (χ1n) is 5.51. The molecule has 0 aliphatic carbocycles. The Kier molecular flexibility index (Phi) is 4.37. The Morgan fingerprint density at radius 1 is 1.44 bits per heavy atom. The molecule has 0 fully saturated rings. The van der Waals surface area contributed by atoms with Crippen LogP contribution >= 0.6 is 27.3 Å². The molecule has 1 heterocycles. The summed E-state index contributed by atoms with van der Waals surface area (Å²) in [6.45, 7) is 2.58. The summed E-state index contributed by atoms with van der Waals surface area (Å²) in [6.07, 6.45) is 0. The lowest BCUT2D eigenvalue weighted by Gasteiger charge is -2.14. The number of phenols is 1. The number of benzene rings is 1. The highest BCUT2D eigenvalue weighted by Crippen LogP contribution is 2.25. The average Bonchev–Trinajstić information content (AvgIpc) is 2.72. The molecule has 2 aromatic rings. The second-order valence-electron chi connectivity index (χ2n) is 4.00. The molecule has 0 saturated heterocycles. The summed E-state index contributed by atoms with van der Waals surface area (Å²) in [7, 11) is 0. The quantitative estimate of drug-likeness (QED) is 0.880. The molecule has 1 atom stereocenters. The molecule has 0 aliphatic heterocycles. The zero-order valence-corrected chi connectivity index (χ0v) is 12.2. The maximum Gasteiger partial charge on any atom is 0.131 e. The monoisotopic (exact) mass is 329 g/mol. The van der Waals surface area contributed by atoms with Crippen molar-refractivity contribution in [2.45, 2.75) is 19.5 Å². The van der Waals surface area contributed by atoms with E-state index in [1.807, 2.05) is 18.4 Å². The van der Waals surface area contributed by atoms with Crippen LogP contribution in [0, 0.1) is 5.82 Å². The van der Waals surface area contributed by atoms with E-state index in [-0.39, 0.29) is 17.6 Å². The van der Waals surface area contributed by atoms with Crippen LogP contribution in [0.5, 0.6) is 5.75 Å². The molecule has 18 heavy (non-hydrogen) atoms. The van der Waals surface area contributed by atoms with Crippen molar-refractivity contribution in [1.29, 1.82) is 0 Å². The lowest BCUT2D eigenvalue weighted by molar-refractivity contribution is 0.463. The maximum absolute atomic E-state index is 13.6. The minimum absolute atomic E-state index is 0.0514. The van der Waals surface area contributed by atoms with Gasteiger partial charge in [0.15, 0.2) is 0 Å². The highest BCUT2D eigenvalue weighted by atomic mass is 79.9. The molecule has 2 rings (SSSR count). The third kappa shape index (κ3) is 3.10. The minimum Gasteiger partial charge on any atom is -0.508 e. The number of hydrogen-bond donors (Lipinski definition) is 2. The Bertz CT molecular complexity index is 544. The van der Waals surface area contributed by atoms with E-state index in [9.17, 15) is 9.50 Å². The van der Waals surface area contributed by atoms with Crippen molar-refractivity contribution >= 4 is 27.3 Å². The summed E-state index contributed by atoms with van der Waals surface area (Å²) in [6, 6.07) is 6.12. The predicted molar refractivity (Wildman–Crippen MR) is 75.3 cm³/mol. The Morgan fingerprint density at radius 2 is 2.22 bits per heavy atom. The standard InChI is InChI=1S/C13H13BrFNOS/c1-8(10-3-2-9(17)6-12(10)15)16-7-13-11(14)4-5-18-13/h2-6,8,16-17H,7H2,1H3. The number of phenolic OH excluding ortho intramolecular Hbond substituents is 1. The molecule has 0 bridgehead atoms. The van der Waals surface area contributed by atoms with Gasteiger partial charge in [0.2, 0.25) is 0 Å². The van der Waals surface area contributed by atoms with E-state index in [1.165, 1.54) is 10.9 Å². The van der Waals surface area contributed by atoms with Crippen LogP contribution in [0.2, 0.25) is 0 Å². The topological polar surface area (TPSA) is 32.3 Å². The van der Waals surface area contributed by atoms with Gasteiger partial charge in [-0.3, -0.25) is 0 Å². The van der Waals surface area contributed by atoms with Crippen LogP contribution in [0.4, 0.5) is 4.39 Å². The van der Waals surface area contributed by atoms with Crippen LogP contribution in [-0.2, 0) is 6.54 Å². The van der Waals surface area contributed by atoms with Gasteiger partial charge in [0.05, 0.1) is 0 Å². The maximum atomic E-state index is 13.6. The van der Waals surface area contributed by atoms with Gasteiger partial charge in [-0.15, -0.1) is 11.3 Å². The Labute approximate surface area is 118 Å². The number of halogens is 2. The zero-order valence-electron chi connectivity index (χ0n) is 9.78. The largest absolute Gasteiger partial charge is 0.508 e. The Balaban J connectivity index is 2.03. The molecular weight excluding hydrogens is 317 g/mol. The van der Waals surface area contributed by atoms with E-state index < -0.39 is 0 Å². The summed E-state index contributed by atoms with van der Waals surface area (Å²) >= 11 is 5.11. The van der Waals surface area contributed by atoms with E-state index in [0.717, 1.165) is 10.5 Å². The fourth-order valence-electron chi connectivity index (χ4n) is 1.67. The smallest absolute Gasteiger partial charge is 0.131 e. The lowest BCUT2D eigenvalue weighted by atomic mass is 10.1. The van der Waals surface area contributed by atoms with Crippen molar-refractivity contribution in [2.75, 3.05) is 0 Å². The molecule has 0 saturated carbocycles. The van der Waals surface area contributed by atoms with Gasteiger partial charge in [-0.1, -0.05) is 6.07 Å². The van der Waals surface area contributed by atoms with Crippen molar-refractivity contribution in [2.24, 2.45) is 0 Å². The van der Waals surface area contributed by atoms with Crippen LogP contribution in [0.15, 0.2) is 34.1 Å². The highest BCUT2D eigenvalue weighted by molar-refractivity contribution is 9.10. The fourth-order valence-corrected chi connectivity index (χ4v) is 3.12. The molecule has 1 aromatic carbocycles. The normalized spacial score (nSPS) is 12.6. The minimum atomic E-state index is -0.389. The third-order valence-corrected chi connectivity index (χ3v) is 4.64. The van der Waals surface area contributed by atoms with Gasteiger partial charge in [0.25, 0.3) is 0 Å². The molecule has 2 N–H and O–H groups in total. The summed E-state index contributed by atoms with van der Waals surface area (Å²) in [5.74, 6) is -0.440. The number of rotatable bonds is 4. The molecule has 0 aliphatic rings. The van der Waals surface area contributed by atoms with Crippen LogP contribution in [0.3, 0.4) is 0 Å². The third-order valence-electron chi connectivity index (χ3n) is 2.71. The lowest BCUT2D eigenvalue weighted by Crippen LogP contribution is -2.18. The summed E-state index contributed by atoms with van der Waals surface area (Å²) in [5, 5.41) is 14.4. The van der Waals surface area contributed by atoms with Gasteiger partial charge in [-0.2, -0.15) is 0 Å². The van der Waals surface area contributed by atoms with Gasteiger partial charge in [0.1, 0.15) is 11.6 Å². The molecule has 2 nitrogen and oxygen atoms in total. The Hall–Kier alpha value is -0.910. The highest BCUT2D eigenvalue weighted by Gasteiger charge is 2.12. The molecule has 1 aromatic heterocycles. The number of thiophene rings is 1. The van der Waals surface area contributed by atoms with Crippen LogP contribution in [0.25, 0.3) is 0 Å². The van der Waals surface area contributed by atoms with Crippen molar-refractivity contribution in [3.63, 3.8) is 0 Å². The first-order valence-corrected chi connectivity index (χ1v) is 7.19. The van der Waals surface area contributed by atoms with Crippen LogP contribution < -0.4 is 5.32 Å². The van der Waals surface area contributed by atoms with Gasteiger partial charge in [0, 0.05) is 33.6 Å². The van der Waals surface area contributed by atoms with E-state index in [1.54, 1.807) is 17.4 Å². The van der Waals surface area contributed by atoms with Gasteiger partial charge >= 0.3 is 0 Å². The molecule has 1 unspecified atom stereocenters. The molecule has 5 heteroatoms. The van der Waals surface area contributed by atoms with Gasteiger partial charge < -0.3 is 10.4 Å². The zero-order chi connectivity index (χ0) is 13.1. The fraction of sp³-hybridized carbons (Fsp3) is 0.231. The van der Waals surface area contributed by atoms with E-state index >= 15 is 0 Å². The summed E-state index contributed by atoms with van der Waals surface area (Å²) < 4.78 is 14.7. The molecule has 96 valence electrons. The molecule has 0 spiro atoms. The van der Waals surface area contributed by atoms with Crippen molar-refractivity contribution in [3.05, 3.63) is 50.4 Å². The Morgan fingerprint density at radius 3 is 2.83 bits per heavy atom. The summed E-state index contributed by atoms with van der Waals surface area (Å²) in [5.41, 5.74) is 0.556. The van der Waals surface area contributed by atoms with Gasteiger partial charge in [-0.25, -0.2) is 4.39 Å². The van der Waals surface area contributed by atoms with E-state index in [0.29, 0.717) is 12.1 Å². The second kappa shape index (κ2) is 5.82.